The van der Waals surface area contributed by atoms with Gasteiger partial charge in [0.05, 0.1) is 11.2 Å². The van der Waals surface area contributed by atoms with Crippen molar-refractivity contribution in [3.05, 3.63) is 30.0 Å². The third-order valence-electron chi connectivity index (χ3n) is 3.09. The molecule has 1 aromatic heterocycles. The van der Waals surface area contributed by atoms with Crippen LogP contribution in [0.15, 0.2) is 24.4 Å². The first-order chi connectivity index (χ1) is 8.15. The lowest BCUT2D eigenvalue weighted by atomic mass is 10.1. The number of hydrogen-bond donors (Lipinski definition) is 2. The molecule has 1 heterocycles. The summed E-state index contributed by atoms with van der Waals surface area (Å²) in [5.74, 6) is 0. The number of anilines is 1. The molecule has 0 bridgehead atoms. The Balaban J connectivity index is 2.58. The number of nitrogens with two attached hydrogens (primary N) is 1. The van der Waals surface area contributed by atoms with Crippen molar-refractivity contribution in [2.45, 2.75) is 33.4 Å². The molecule has 0 unspecified atom stereocenters. The van der Waals surface area contributed by atoms with Gasteiger partial charge in [0.2, 0.25) is 0 Å². The molecule has 0 aliphatic rings. The second kappa shape index (κ2) is 4.80. The lowest BCUT2D eigenvalue weighted by molar-refractivity contribution is 0.618. The first-order valence-corrected chi connectivity index (χ1v) is 6.23. The Kier molecular flexibility index (Phi) is 3.38. The molecule has 0 saturated carbocycles. The zero-order chi connectivity index (χ0) is 12.4. The van der Waals surface area contributed by atoms with Gasteiger partial charge in [0.15, 0.2) is 0 Å². The molecule has 0 saturated heterocycles. The maximum atomic E-state index is 6.10. The minimum absolute atomic E-state index is 0.428. The maximum Gasteiger partial charge on any atom is 0.0719 e. The normalized spacial score (nSPS) is 11.5. The Labute approximate surface area is 103 Å². The first-order valence-electron chi connectivity index (χ1n) is 6.23. The van der Waals surface area contributed by atoms with Gasteiger partial charge in [-0.2, -0.15) is 0 Å². The van der Waals surface area contributed by atoms with Crippen molar-refractivity contribution in [3.8, 4) is 0 Å². The summed E-state index contributed by atoms with van der Waals surface area (Å²) in [7, 11) is 0. The molecule has 92 valence electrons. The van der Waals surface area contributed by atoms with Crippen molar-refractivity contribution in [1.29, 1.82) is 0 Å². The zero-order valence-electron chi connectivity index (χ0n) is 10.8. The van der Waals surface area contributed by atoms with Gasteiger partial charge in [0.1, 0.15) is 0 Å². The van der Waals surface area contributed by atoms with Gasteiger partial charge in [-0.25, -0.2) is 0 Å². The number of benzene rings is 1. The monoisotopic (exact) mass is 231 g/mol. The molecule has 1 aromatic carbocycles. The number of para-hydroxylation sites is 1. The SMILES string of the molecule is CCNCc1cn(C(C)C)c2c(N)cccc12. The average molecular weight is 231 g/mol. The number of aromatic nitrogens is 1. The number of nitrogens with one attached hydrogen (secondary N) is 1. The summed E-state index contributed by atoms with van der Waals surface area (Å²) in [5.41, 5.74) is 9.44. The summed E-state index contributed by atoms with van der Waals surface area (Å²) in [6, 6.07) is 6.57. The first kappa shape index (κ1) is 12.0. The Morgan fingerprint density at radius 1 is 1.35 bits per heavy atom. The van der Waals surface area contributed by atoms with E-state index in [1.807, 2.05) is 12.1 Å². The molecular weight excluding hydrogens is 210 g/mol. The smallest absolute Gasteiger partial charge is 0.0719 e. The van der Waals surface area contributed by atoms with E-state index in [9.17, 15) is 0 Å². The molecule has 3 nitrogen and oxygen atoms in total. The Bertz CT molecular complexity index is 511. The number of rotatable bonds is 4. The van der Waals surface area contributed by atoms with Gasteiger partial charge in [0.25, 0.3) is 0 Å². The summed E-state index contributed by atoms with van der Waals surface area (Å²) in [6.45, 7) is 8.37. The van der Waals surface area contributed by atoms with E-state index in [-0.39, 0.29) is 0 Å². The second-order valence-electron chi connectivity index (χ2n) is 4.68. The lowest BCUT2D eigenvalue weighted by Gasteiger charge is -2.10. The van der Waals surface area contributed by atoms with E-state index in [1.54, 1.807) is 0 Å². The largest absolute Gasteiger partial charge is 0.397 e. The fourth-order valence-electron chi connectivity index (χ4n) is 2.22. The van der Waals surface area contributed by atoms with Crippen molar-refractivity contribution in [2.24, 2.45) is 0 Å². The Hall–Kier alpha value is -1.48. The molecule has 2 aromatic rings. The molecule has 3 heteroatoms. The van der Waals surface area contributed by atoms with Crippen LogP contribution in [0.1, 0.15) is 32.4 Å². The molecule has 0 atom stereocenters. The molecule has 0 aliphatic heterocycles. The van der Waals surface area contributed by atoms with Crippen molar-refractivity contribution in [1.82, 2.24) is 9.88 Å². The summed E-state index contributed by atoms with van der Waals surface area (Å²) in [6.07, 6.45) is 2.22. The number of nitrogen functional groups attached to an aromatic ring is 1. The topological polar surface area (TPSA) is 43.0 Å². The van der Waals surface area contributed by atoms with Gasteiger partial charge in [-0.3, -0.25) is 0 Å². The van der Waals surface area contributed by atoms with E-state index >= 15 is 0 Å². The van der Waals surface area contributed by atoms with Crippen LogP contribution in [0.3, 0.4) is 0 Å². The molecule has 0 spiro atoms. The highest BCUT2D eigenvalue weighted by Crippen LogP contribution is 2.28. The quantitative estimate of drug-likeness (QED) is 0.795. The number of fused-ring (bicyclic) bond motifs is 1. The standard InChI is InChI=1S/C14H21N3/c1-4-16-8-11-9-17(10(2)3)14-12(11)6-5-7-13(14)15/h5-7,9-10,16H,4,8,15H2,1-3H3. The van der Waals surface area contributed by atoms with Gasteiger partial charge in [0, 0.05) is 24.2 Å². The van der Waals surface area contributed by atoms with Crippen LogP contribution < -0.4 is 11.1 Å². The predicted molar refractivity (Wildman–Crippen MR) is 74.1 cm³/mol. The fraction of sp³-hybridized carbons (Fsp3) is 0.429. The van der Waals surface area contributed by atoms with E-state index in [0.29, 0.717) is 6.04 Å². The van der Waals surface area contributed by atoms with Crippen LogP contribution in [0.4, 0.5) is 5.69 Å². The van der Waals surface area contributed by atoms with Crippen LogP contribution >= 0.6 is 0 Å². The summed E-state index contributed by atoms with van der Waals surface area (Å²) >= 11 is 0. The van der Waals surface area contributed by atoms with Crippen LogP contribution in [0.2, 0.25) is 0 Å². The highest BCUT2D eigenvalue weighted by molar-refractivity contribution is 5.93. The van der Waals surface area contributed by atoms with Crippen molar-refractivity contribution >= 4 is 16.6 Å². The van der Waals surface area contributed by atoms with E-state index in [4.69, 9.17) is 5.73 Å². The average Bonchev–Trinajstić information content (AvgIpc) is 2.67. The van der Waals surface area contributed by atoms with Crippen LogP contribution in [0.5, 0.6) is 0 Å². The predicted octanol–water partition coefficient (Wildman–Crippen LogP) is 2.91. The van der Waals surface area contributed by atoms with Gasteiger partial charge in [-0.15, -0.1) is 0 Å². The Morgan fingerprint density at radius 3 is 2.76 bits per heavy atom. The van der Waals surface area contributed by atoms with Crippen LogP contribution in [-0.2, 0) is 6.54 Å². The highest BCUT2D eigenvalue weighted by Gasteiger charge is 2.12. The highest BCUT2D eigenvalue weighted by atomic mass is 15.0. The number of nitrogens with zero attached hydrogens (tertiary/aromatic N) is 1. The maximum absolute atomic E-state index is 6.10. The molecule has 0 fully saturated rings. The van der Waals surface area contributed by atoms with Gasteiger partial charge in [-0.05, 0) is 32.0 Å². The summed E-state index contributed by atoms with van der Waals surface area (Å²) < 4.78 is 2.26. The number of hydrogen-bond acceptors (Lipinski definition) is 2. The van der Waals surface area contributed by atoms with E-state index < -0.39 is 0 Å². The minimum Gasteiger partial charge on any atom is -0.397 e. The fourth-order valence-corrected chi connectivity index (χ4v) is 2.22. The second-order valence-corrected chi connectivity index (χ2v) is 4.68. The molecule has 3 N–H and O–H groups in total. The minimum atomic E-state index is 0.428. The van der Waals surface area contributed by atoms with Gasteiger partial charge in [-0.1, -0.05) is 19.1 Å². The molecule has 0 amide bonds. The van der Waals surface area contributed by atoms with E-state index in [2.05, 4.69) is 42.9 Å². The lowest BCUT2D eigenvalue weighted by Crippen LogP contribution is -2.11. The van der Waals surface area contributed by atoms with Crippen LogP contribution in [0, 0.1) is 0 Å². The molecular formula is C14H21N3. The van der Waals surface area contributed by atoms with E-state index in [0.717, 1.165) is 24.3 Å². The molecule has 0 aliphatic carbocycles. The van der Waals surface area contributed by atoms with Gasteiger partial charge < -0.3 is 15.6 Å². The van der Waals surface area contributed by atoms with Crippen molar-refractivity contribution < 1.29 is 0 Å². The molecule has 0 radical (unpaired) electrons. The summed E-state index contributed by atoms with van der Waals surface area (Å²) in [5, 5.41) is 4.64. The van der Waals surface area contributed by atoms with Gasteiger partial charge >= 0.3 is 0 Å². The third-order valence-corrected chi connectivity index (χ3v) is 3.09. The zero-order valence-corrected chi connectivity index (χ0v) is 10.8. The summed E-state index contributed by atoms with van der Waals surface area (Å²) in [4.78, 5) is 0. The van der Waals surface area contributed by atoms with Crippen molar-refractivity contribution in [2.75, 3.05) is 12.3 Å². The van der Waals surface area contributed by atoms with E-state index in [1.165, 1.54) is 10.9 Å². The molecule has 17 heavy (non-hydrogen) atoms. The van der Waals surface area contributed by atoms with Crippen LogP contribution in [-0.4, -0.2) is 11.1 Å². The molecule has 2 rings (SSSR count). The van der Waals surface area contributed by atoms with Crippen molar-refractivity contribution in [3.63, 3.8) is 0 Å². The third kappa shape index (κ3) is 2.15. The Morgan fingerprint density at radius 2 is 2.12 bits per heavy atom. The van der Waals surface area contributed by atoms with Crippen LogP contribution in [0.25, 0.3) is 10.9 Å².